The van der Waals surface area contributed by atoms with E-state index in [0.29, 0.717) is 11.8 Å². The number of carbonyl (C=O) groups excluding carboxylic acids is 1. The Bertz CT molecular complexity index is 205. The first-order valence-electron chi connectivity index (χ1n) is 6.33. The molecule has 1 heterocycles. The van der Waals surface area contributed by atoms with Crippen LogP contribution in [0.5, 0.6) is 0 Å². The third kappa shape index (κ3) is 5.21. The van der Waals surface area contributed by atoms with Gasteiger partial charge in [0.05, 0.1) is 0 Å². The lowest BCUT2D eigenvalue weighted by Gasteiger charge is -2.22. The van der Waals surface area contributed by atoms with Gasteiger partial charge in [0.15, 0.2) is 0 Å². The van der Waals surface area contributed by atoms with Crippen molar-refractivity contribution in [2.24, 2.45) is 11.7 Å². The van der Waals surface area contributed by atoms with Crippen LogP contribution in [0.2, 0.25) is 0 Å². The fourth-order valence-corrected chi connectivity index (χ4v) is 3.15. The van der Waals surface area contributed by atoms with E-state index in [1.165, 1.54) is 25.0 Å². The Balaban J connectivity index is 2.12. The van der Waals surface area contributed by atoms with Gasteiger partial charge < -0.3 is 11.1 Å². The summed E-state index contributed by atoms with van der Waals surface area (Å²) >= 11 is 2.00. The molecule has 1 aliphatic heterocycles. The van der Waals surface area contributed by atoms with E-state index in [2.05, 4.69) is 5.32 Å². The monoisotopic (exact) mass is 244 g/mol. The minimum absolute atomic E-state index is 0.108. The van der Waals surface area contributed by atoms with Crippen molar-refractivity contribution < 1.29 is 4.79 Å². The Morgan fingerprint density at radius 1 is 1.56 bits per heavy atom. The van der Waals surface area contributed by atoms with Gasteiger partial charge in [0.2, 0.25) is 5.91 Å². The molecule has 0 aromatic rings. The van der Waals surface area contributed by atoms with Crippen molar-refractivity contribution in [3.63, 3.8) is 0 Å². The van der Waals surface area contributed by atoms with Crippen molar-refractivity contribution in [2.75, 3.05) is 18.8 Å². The van der Waals surface area contributed by atoms with Gasteiger partial charge in [-0.1, -0.05) is 13.3 Å². The molecule has 1 saturated heterocycles. The van der Waals surface area contributed by atoms with E-state index in [1.54, 1.807) is 0 Å². The van der Waals surface area contributed by atoms with E-state index < -0.39 is 0 Å². The van der Waals surface area contributed by atoms with Crippen LogP contribution < -0.4 is 11.1 Å². The minimum atomic E-state index is 0.108. The molecule has 1 aliphatic rings. The zero-order chi connectivity index (χ0) is 11.8. The molecular weight excluding hydrogens is 220 g/mol. The maximum Gasteiger partial charge on any atom is 0.222 e. The number of nitrogens with one attached hydrogen (secondary N) is 1. The Kier molecular flexibility index (Phi) is 6.88. The van der Waals surface area contributed by atoms with E-state index in [1.807, 2.05) is 18.7 Å². The van der Waals surface area contributed by atoms with Gasteiger partial charge >= 0.3 is 0 Å². The highest BCUT2D eigenvalue weighted by molar-refractivity contribution is 7.99. The van der Waals surface area contributed by atoms with Gasteiger partial charge in [-0.15, -0.1) is 0 Å². The standard InChI is InChI=1S/C12H24N2OS/c1-10(5-4-7-13)12(15)14-9-11-6-2-3-8-16-11/h10-11H,2-9,13H2,1H3,(H,14,15). The summed E-state index contributed by atoms with van der Waals surface area (Å²) in [7, 11) is 0. The van der Waals surface area contributed by atoms with Crippen LogP contribution in [-0.4, -0.2) is 30.0 Å². The van der Waals surface area contributed by atoms with Gasteiger partial charge in [0.25, 0.3) is 0 Å². The molecule has 3 N–H and O–H groups in total. The highest BCUT2D eigenvalue weighted by Gasteiger charge is 2.17. The Labute approximate surface area is 103 Å². The van der Waals surface area contributed by atoms with Crippen molar-refractivity contribution in [1.82, 2.24) is 5.32 Å². The molecule has 3 nitrogen and oxygen atoms in total. The van der Waals surface area contributed by atoms with Crippen molar-refractivity contribution in [2.45, 2.75) is 44.3 Å². The Hall–Kier alpha value is -0.220. The summed E-state index contributed by atoms with van der Waals surface area (Å²) < 4.78 is 0. The van der Waals surface area contributed by atoms with E-state index in [4.69, 9.17) is 5.73 Å². The summed E-state index contributed by atoms with van der Waals surface area (Å²) in [5, 5.41) is 3.70. The summed E-state index contributed by atoms with van der Waals surface area (Å²) in [4.78, 5) is 11.7. The molecule has 2 atom stereocenters. The number of nitrogens with two attached hydrogens (primary N) is 1. The highest BCUT2D eigenvalue weighted by atomic mass is 32.2. The molecular formula is C12H24N2OS. The number of carbonyl (C=O) groups is 1. The number of hydrogen-bond donors (Lipinski definition) is 2. The first-order chi connectivity index (χ1) is 7.74. The molecule has 0 aromatic carbocycles. The maximum absolute atomic E-state index is 11.7. The largest absolute Gasteiger partial charge is 0.355 e. The average molecular weight is 244 g/mol. The summed E-state index contributed by atoms with van der Waals surface area (Å²) in [6, 6.07) is 0. The Morgan fingerprint density at radius 2 is 2.38 bits per heavy atom. The molecule has 0 aromatic heterocycles. The highest BCUT2D eigenvalue weighted by Crippen LogP contribution is 2.24. The van der Waals surface area contributed by atoms with Crippen LogP contribution in [0.15, 0.2) is 0 Å². The van der Waals surface area contributed by atoms with E-state index in [-0.39, 0.29) is 11.8 Å². The zero-order valence-corrected chi connectivity index (χ0v) is 11.0. The average Bonchev–Trinajstić information content (AvgIpc) is 2.34. The van der Waals surface area contributed by atoms with Gasteiger partial charge in [-0.3, -0.25) is 4.79 Å². The SMILES string of the molecule is CC(CCCN)C(=O)NCC1CCCCS1. The number of amides is 1. The summed E-state index contributed by atoms with van der Waals surface area (Å²) in [5.41, 5.74) is 5.43. The first kappa shape index (κ1) is 13.8. The second-order valence-electron chi connectivity index (χ2n) is 4.57. The summed E-state index contributed by atoms with van der Waals surface area (Å²) in [6.45, 7) is 3.51. The lowest BCUT2D eigenvalue weighted by atomic mass is 10.0. The van der Waals surface area contributed by atoms with Crippen molar-refractivity contribution in [3.05, 3.63) is 0 Å². The van der Waals surface area contributed by atoms with Crippen LogP contribution in [0.4, 0.5) is 0 Å². The van der Waals surface area contributed by atoms with Gasteiger partial charge in [-0.2, -0.15) is 11.8 Å². The third-order valence-corrected chi connectivity index (χ3v) is 4.46. The third-order valence-electron chi connectivity index (χ3n) is 3.07. The number of hydrogen-bond acceptors (Lipinski definition) is 3. The molecule has 1 fully saturated rings. The van der Waals surface area contributed by atoms with E-state index in [0.717, 1.165) is 19.4 Å². The number of rotatable bonds is 6. The van der Waals surface area contributed by atoms with Crippen LogP contribution in [0.1, 0.15) is 39.0 Å². The predicted molar refractivity (Wildman–Crippen MR) is 70.6 cm³/mol. The van der Waals surface area contributed by atoms with Crippen LogP contribution in [0, 0.1) is 5.92 Å². The summed E-state index contributed by atoms with van der Waals surface area (Å²) in [5.74, 6) is 1.56. The zero-order valence-electron chi connectivity index (χ0n) is 10.2. The smallest absolute Gasteiger partial charge is 0.222 e. The van der Waals surface area contributed by atoms with Crippen LogP contribution in [0.25, 0.3) is 0 Å². The fourth-order valence-electron chi connectivity index (χ4n) is 1.91. The van der Waals surface area contributed by atoms with Gasteiger partial charge in [-0.25, -0.2) is 0 Å². The van der Waals surface area contributed by atoms with Crippen molar-refractivity contribution in [3.8, 4) is 0 Å². The summed E-state index contributed by atoms with van der Waals surface area (Å²) in [6.07, 6.45) is 5.74. The van der Waals surface area contributed by atoms with Crippen LogP contribution in [0.3, 0.4) is 0 Å². The molecule has 4 heteroatoms. The molecule has 94 valence electrons. The molecule has 1 amide bonds. The topological polar surface area (TPSA) is 55.1 Å². The van der Waals surface area contributed by atoms with Gasteiger partial charge in [0, 0.05) is 17.7 Å². The fraction of sp³-hybridized carbons (Fsp3) is 0.917. The van der Waals surface area contributed by atoms with Gasteiger partial charge in [0.1, 0.15) is 0 Å². The quantitative estimate of drug-likeness (QED) is 0.748. The Morgan fingerprint density at radius 3 is 3.00 bits per heavy atom. The predicted octanol–water partition coefficient (Wildman–Crippen LogP) is 1.76. The second-order valence-corrected chi connectivity index (χ2v) is 5.97. The second kappa shape index (κ2) is 7.96. The molecule has 1 rings (SSSR count). The van der Waals surface area contributed by atoms with E-state index in [9.17, 15) is 4.79 Å². The van der Waals surface area contributed by atoms with Crippen molar-refractivity contribution >= 4 is 17.7 Å². The van der Waals surface area contributed by atoms with Crippen LogP contribution in [-0.2, 0) is 4.79 Å². The number of thioether (sulfide) groups is 1. The lowest BCUT2D eigenvalue weighted by Crippen LogP contribution is -2.35. The molecule has 16 heavy (non-hydrogen) atoms. The molecule has 0 radical (unpaired) electrons. The lowest BCUT2D eigenvalue weighted by molar-refractivity contribution is -0.124. The maximum atomic E-state index is 11.7. The molecule has 0 spiro atoms. The first-order valence-corrected chi connectivity index (χ1v) is 7.38. The molecule has 0 bridgehead atoms. The molecule has 0 saturated carbocycles. The van der Waals surface area contributed by atoms with Gasteiger partial charge in [-0.05, 0) is 38.0 Å². The normalized spacial score (nSPS) is 22.8. The van der Waals surface area contributed by atoms with E-state index >= 15 is 0 Å². The molecule has 0 aliphatic carbocycles. The molecule has 2 unspecified atom stereocenters. The van der Waals surface area contributed by atoms with Crippen LogP contribution >= 0.6 is 11.8 Å². The van der Waals surface area contributed by atoms with Crippen molar-refractivity contribution in [1.29, 1.82) is 0 Å². The minimum Gasteiger partial charge on any atom is -0.355 e.